The van der Waals surface area contributed by atoms with Crippen LogP contribution in [0, 0.1) is 16.0 Å². The average molecular weight is 313 g/mol. The number of hydrogen-bond acceptors (Lipinski definition) is 4. The van der Waals surface area contributed by atoms with E-state index in [9.17, 15) is 14.9 Å². The molecule has 114 valence electrons. The molecule has 1 saturated heterocycles. The van der Waals surface area contributed by atoms with Crippen molar-refractivity contribution in [3.8, 4) is 0 Å². The van der Waals surface area contributed by atoms with E-state index in [0.717, 1.165) is 25.9 Å². The fourth-order valence-electron chi connectivity index (χ4n) is 2.70. The largest absolute Gasteiger partial charge is 0.481 e. The number of carboxylic acid groups (broad SMARTS) is 1. The highest BCUT2D eigenvalue weighted by molar-refractivity contribution is 6.30. The third kappa shape index (κ3) is 4.41. The van der Waals surface area contributed by atoms with Crippen molar-refractivity contribution in [1.29, 1.82) is 0 Å². The van der Waals surface area contributed by atoms with Crippen LogP contribution < -0.4 is 0 Å². The van der Waals surface area contributed by atoms with Gasteiger partial charge in [-0.1, -0.05) is 11.6 Å². The highest BCUT2D eigenvalue weighted by Crippen LogP contribution is 2.27. The molecular weight excluding hydrogens is 296 g/mol. The molecule has 1 N–H and O–H groups in total. The number of carbonyl (C=O) groups is 1. The fraction of sp³-hybridized carbons (Fsp3) is 0.500. The van der Waals surface area contributed by atoms with Crippen LogP contribution in [0.1, 0.15) is 24.8 Å². The lowest BCUT2D eigenvalue weighted by Gasteiger charge is -2.31. The number of nitro benzene ring substituents is 1. The Morgan fingerprint density at radius 3 is 2.67 bits per heavy atom. The molecule has 0 aliphatic carbocycles. The van der Waals surface area contributed by atoms with Crippen LogP contribution in [0.4, 0.5) is 5.69 Å². The van der Waals surface area contributed by atoms with Gasteiger partial charge in [0.1, 0.15) is 0 Å². The van der Waals surface area contributed by atoms with Crippen molar-refractivity contribution >= 4 is 23.3 Å². The van der Waals surface area contributed by atoms with Crippen LogP contribution in [0.5, 0.6) is 0 Å². The molecule has 0 amide bonds. The van der Waals surface area contributed by atoms with E-state index in [-0.39, 0.29) is 18.0 Å². The van der Waals surface area contributed by atoms with Crippen LogP contribution in [0.2, 0.25) is 5.02 Å². The van der Waals surface area contributed by atoms with E-state index in [1.165, 1.54) is 12.1 Å². The van der Waals surface area contributed by atoms with Gasteiger partial charge in [0.05, 0.1) is 4.92 Å². The SMILES string of the molecule is O=C(O)CC1CCN(Cc2cc(Cl)ccc2[N+](=O)[O-])CC1. The van der Waals surface area contributed by atoms with Gasteiger partial charge in [-0.3, -0.25) is 19.8 Å². The first kappa shape index (κ1) is 15.7. The lowest BCUT2D eigenvalue weighted by atomic mass is 9.93. The smallest absolute Gasteiger partial charge is 0.303 e. The molecule has 1 heterocycles. The van der Waals surface area contributed by atoms with Gasteiger partial charge in [0.25, 0.3) is 5.69 Å². The van der Waals surface area contributed by atoms with Gasteiger partial charge in [-0.2, -0.15) is 0 Å². The van der Waals surface area contributed by atoms with E-state index >= 15 is 0 Å². The summed E-state index contributed by atoms with van der Waals surface area (Å²) in [6.45, 7) is 1.97. The minimum atomic E-state index is -0.765. The lowest BCUT2D eigenvalue weighted by molar-refractivity contribution is -0.385. The Kier molecular flexibility index (Phi) is 5.14. The molecule has 0 spiro atoms. The van der Waals surface area contributed by atoms with Crippen LogP contribution in [0.15, 0.2) is 18.2 Å². The van der Waals surface area contributed by atoms with Crippen LogP contribution >= 0.6 is 11.6 Å². The monoisotopic (exact) mass is 312 g/mol. The fourth-order valence-corrected chi connectivity index (χ4v) is 2.89. The summed E-state index contributed by atoms with van der Waals surface area (Å²) in [4.78, 5) is 23.4. The van der Waals surface area contributed by atoms with Crippen molar-refractivity contribution in [2.75, 3.05) is 13.1 Å². The molecule has 6 nitrogen and oxygen atoms in total. The van der Waals surface area contributed by atoms with Crippen molar-refractivity contribution in [1.82, 2.24) is 4.90 Å². The van der Waals surface area contributed by atoms with Crippen LogP contribution in [0.25, 0.3) is 0 Å². The Hall–Kier alpha value is -1.66. The zero-order valence-corrected chi connectivity index (χ0v) is 12.3. The number of hydrogen-bond donors (Lipinski definition) is 1. The second-order valence-corrected chi connectivity index (χ2v) is 5.78. The number of nitro groups is 1. The molecule has 0 atom stereocenters. The third-order valence-electron chi connectivity index (χ3n) is 3.80. The summed E-state index contributed by atoms with van der Waals surface area (Å²) >= 11 is 5.91. The van der Waals surface area contributed by atoms with Crippen molar-refractivity contribution in [3.63, 3.8) is 0 Å². The summed E-state index contributed by atoms with van der Waals surface area (Å²) in [6, 6.07) is 4.57. The summed E-state index contributed by atoms with van der Waals surface area (Å²) in [5, 5.41) is 20.3. The lowest BCUT2D eigenvalue weighted by Crippen LogP contribution is -2.34. The first-order valence-corrected chi connectivity index (χ1v) is 7.20. The van der Waals surface area contributed by atoms with E-state index < -0.39 is 10.9 Å². The predicted octanol–water partition coefficient (Wildman–Crippen LogP) is 2.93. The molecule has 0 radical (unpaired) electrons. The quantitative estimate of drug-likeness (QED) is 0.667. The van der Waals surface area contributed by atoms with Gasteiger partial charge in [0.2, 0.25) is 0 Å². The number of rotatable bonds is 5. The second-order valence-electron chi connectivity index (χ2n) is 5.35. The van der Waals surface area contributed by atoms with Gasteiger partial charge in [-0.25, -0.2) is 0 Å². The molecule has 0 bridgehead atoms. The summed E-state index contributed by atoms with van der Waals surface area (Å²) in [7, 11) is 0. The highest BCUT2D eigenvalue weighted by atomic mass is 35.5. The third-order valence-corrected chi connectivity index (χ3v) is 4.04. The molecule has 1 aliphatic rings. The molecule has 0 aromatic heterocycles. The van der Waals surface area contributed by atoms with Crippen molar-refractivity contribution in [2.24, 2.45) is 5.92 Å². The normalized spacial score (nSPS) is 16.8. The number of carboxylic acids is 1. The Morgan fingerprint density at radius 2 is 2.10 bits per heavy atom. The number of likely N-dealkylation sites (tertiary alicyclic amines) is 1. The van der Waals surface area contributed by atoms with E-state index in [0.29, 0.717) is 17.1 Å². The first-order chi connectivity index (χ1) is 9.95. The number of aliphatic carboxylic acids is 1. The maximum absolute atomic E-state index is 11.0. The number of piperidine rings is 1. The Labute approximate surface area is 127 Å². The van der Waals surface area contributed by atoms with Gasteiger partial charge in [-0.15, -0.1) is 0 Å². The summed E-state index contributed by atoms with van der Waals surface area (Å²) < 4.78 is 0. The number of benzene rings is 1. The molecule has 0 saturated carbocycles. The van der Waals surface area contributed by atoms with Crippen molar-refractivity contribution < 1.29 is 14.8 Å². The van der Waals surface area contributed by atoms with Crippen molar-refractivity contribution in [3.05, 3.63) is 38.9 Å². The summed E-state index contributed by atoms with van der Waals surface area (Å²) in [5.74, 6) is -0.563. The second kappa shape index (κ2) is 6.87. The van der Waals surface area contributed by atoms with E-state index in [2.05, 4.69) is 4.90 Å². The predicted molar refractivity (Wildman–Crippen MR) is 78.4 cm³/mol. The van der Waals surface area contributed by atoms with Gasteiger partial charge < -0.3 is 5.11 Å². The highest BCUT2D eigenvalue weighted by Gasteiger charge is 2.23. The molecule has 1 fully saturated rings. The summed E-state index contributed by atoms with van der Waals surface area (Å²) in [5.41, 5.74) is 0.677. The van der Waals surface area contributed by atoms with Gasteiger partial charge in [0.15, 0.2) is 0 Å². The maximum atomic E-state index is 11.0. The molecule has 1 aromatic carbocycles. The molecule has 1 aromatic rings. The zero-order chi connectivity index (χ0) is 15.4. The minimum Gasteiger partial charge on any atom is -0.481 e. The molecule has 0 unspecified atom stereocenters. The molecule has 7 heteroatoms. The van der Waals surface area contributed by atoms with Crippen LogP contribution in [-0.4, -0.2) is 34.0 Å². The standard InChI is InChI=1S/C14H17ClN2O4/c15-12-1-2-13(17(20)21)11(8-12)9-16-5-3-10(4-6-16)7-14(18)19/h1-2,8,10H,3-7,9H2,(H,18,19). The van der Waals surface area contributed by atoms with Crippen molar-refractivity contribution in [2.45, 2.75) is 25.8 Å². The number of nitrogens with zero attached hydrogens (tertiary/aromatic N) is 2. The minimum absolute atomic E-state index is 0.0760. The molecule has 1 aliphatic heterocycles. The maximum Gasteiger partial charge on any atom is 0.303 e. The summed E-state index contributed by atoms with van der Waals surface area (Å²) in [6.07, 6.45) is 1.81. The van der Waals surface area contributed by atoms with Crippen LogP contribution in [0.3, 0.4) is 0 Å². The van der Waals surface area contributed by atoms with Crippen LogP contribution in [-0.2, 0) is 11.3 Å². The average Bonchev–Trinajstić information content (AvgIpc) is 2.40. The van der Waals surface area contributed by atoms with E-state index in [1.807, 2.05) is 0 Å². The molecule has 21 heavy (non-hydrogen) atoms. The Bertz CT molecular complexity index is 542. The zero-order valence-electron chi connectivity index (χ0n) is 11.5. The first-order valence-electron chi connectivity index (χ1n) is 6.82. The Balaban J connectivity index is 1.99. The topological polar surface area (TPSA) is 83.7 Å². The Morgan fingerprint density at radius 1 is 1.43 bits per heavy atom. The molecular formula is C14H17ClN2O4. The van der Waals surface area contributed by atoms with Gasteiger partial charge >= 0.3 is 5.97 Å². The van der Waals surface area contributed by atoms with Gasteiger partial charge in [-0.05, 0) is 44.0 Å². The molecule has 2 rings (SSSR count). The van der Waals surface area contributed by atoms with E-state index in [4.69, 9.17) is 16.7 Å². The van der Waals surface area contributed by atoms with E-state index in [1.54, 1.807) is 6.07 Å². The number of halogens is 1. The van der Waals surface area contributed by atoms with Gasteiger partial charge in [0, 0.05) is 29.6 Å².